The van der Waals surface area contributed by atoms with Gasteiger partial charge < -0.3 is 15.5 Å². The van der Waals surface area contributed by atoms with Gasteiger partial charge in [-0.3, -0.25) is 9.59 Å². The number of unbranched alkanes of at least 4 members (excludes halogenated alkanes) is 1. The molecule has 0 aliphatic carbocycles. The molecule has 0 bridgehead atoms. The van der Waals surface area contributed by atoms with Crippen LogP contribution in [0.2, 0.25) is 0 Å². The van der Waals surface area contributed by atoms with Crippen LogP contribution in [0.1, 0.15) is 44.0 Å². The molecule has 2 aromatic carbocycles. The van der Waals surface area contributed by atoms with Crippen LogP contribution in [0.3, 0.4) is 0 Å². The van der Waals surface area contributed by atoms with Gasteiger partial charge in [0.1, 0.15) is 10.7 Å². The van der Waals surface area contributed by atoms with Crippen LogP contribution in [0, 0.1) is 0 Å². The maximum absolute atomic E-state index is 12.7. The monoisotopic (exact) mass is 428 g/mol. The van der Waals surface area contributed by atoms with Gasteiger partial charge in [0, 0.05) is 30.4 Å². The molecule has 0 atom stereocenters. The Hall–Kier alpha value is -3.20. The van der Waals surface area contributed by atoms with Crippen molar-refractivity contribution in [1.29, 1.82) is 0 Å². The second kappa shape index (κ2) is 8.66. The first-order chi connectivity index (χ1) is 14.2. The van der Waals surface area contributed by atoms with Gasteiger partial charge in [0.05, 0.1) is 5.69 Å². The fraction of sp³-hybridized carbons (Fsp3) is 0.286. The molecular formula is C21H24N4O4S. The van der Waals surface area contributed by atoms with E-state index < -0.39 is 15.9 Å². The van der Waals surface area contributed by atoms with Gasteiger partial charge in [0.25, 0.3) is 15.9 Å². The highest BCUT2D eigenvalue weighted by atomic mass is 32.2. The first kappa shape index (κ1) is 21.5. The Morgan fingerprint density at radius 2 is 1.77 bits per heavy atom. The van der Waals surface area contributed by atoms with Gasteiger partial charge in [-0.15, -0.1) is 4.40 Å². The van der Waals surface area contributed by atoms with Crippen molar-refractivity contribution in [1.82, 2.24) is 0 Å². The third-order valence-electron chi connectivity index (χ3n) is 4.61. The van der Waals surface area contributed by atoms with E-state index in [1.165, 1.54) is 13.0 Å². The number of nitrogens with one attached hydrogen (secondary N) is 2. The Labute approximate surface area is 176 Å². The third kappa shape index (κ3) is 4.68. The lowest BCUT2D eigenvalue weighted by Crippen LogP contribution is -2.34. The van der Waals surface area contributed by atoms with Crippen molar-refractivity contribution in [2.45, 2.75) is 38.5 Å². The van der Waals surface area contributed by atoms with E-state index in [9.17, 15) is 18.0 Å². The first-order valence-electron chi connectivity index (χ1n) is 9.63. The van der Waals surface area contributed by atoms with Crippen LogP contribution in [-0.4, -0.2) is 32.6 Å². The summed E-state index contributed by atoms with van der Waals surface area (Å²) in [6.07, 6.45) is 1.85. The Balaban J connectivity index is 1.89. The zero-order valence-electron chi connectivity index (χ0n) is 17.1. The number of fused-ring (bicyclic) bond motifs is 1. The van der Waals surface area contributed by atoms with E-state index in [1.54, 1.807) is 43.3 Å². The lowest BCUT2D eigenvalue weighted by Gasteiger charge is -2.29. The summed E-state index contributed by atoms with van der Waals surface area (Å²) in [7, 11) is -3.88. The number of rotatable bonds is 6. The van der Waals surface area contributed by atoms with Crippen molar-refractivity contribution in [2.24, 2.45) is 4.40 Å². The molecule has 1 heterocycles. The second-order valence-electron chi connectivity index (χ2n) is 7.02. The molecule has 0 spiro atoms. The summed E-state index contributed by atoms with van der Waals surface area (Å²) in [5.74, 6) is -0.260. The SMILES string of the molecule is CCCCN1C(C)=NS(=O)(=O)c2cc(C(=O)Nc3cccc(NC(C)=O)c3)ccc21. The fourth-order valence-corrected chi connectivity index (χ4v) is 4.47. The van der Waals surface area contributed by atoms with Gasteiger partial charge in [0.15, 0.2) is 0 Å². The molecule has 3 rings (SSSR count). The lowest BCUT2D eigenvalue weighted by atomic mass is 10.1. The predicted molar refractivity (Wildman–Crippen MR) is 118 cm³/mol. The van der Waals surface area contributed by atoms with Crippen LogP contribution in [0.25, 0.3) is 0 Å². The summed E-state index contributed by atoms with van der Waals surface area (Å²) in [6, 6.07) is 11.3. The van der Waals surface area contributed by atoms with Crippen molar-refractivity contribution in [3.8, 4) is 0 Å². The molecular weight excluding hydrogens is 404 g/mol. The molecule has 0 saturated heterocycles. The number of carbonyl (C=O) groups is 2. The molecule has 0 fully saturated rings. The molecule has 0 unspecified atom stereocenters. The number of amides is 2. The Morgan fingerprint density at radius 3 is 2.43 bits per heavy atom. The van der Waals surface area contributed by atoms with Crippen LogP contribution in [0.15, 0.2) is 51.8 Å². The zero-order valence-corrected chi connectivity index (χ0v) is 17.9. The summed E-state index contributed by atoms with van der Waals surface area (Å²) in [4.78, 5) is 25.8. The number of amidine groups is 1. The van der Waals surface area contributed by atoms with E-state index in [1.807, 2.05) is 4.90 Å². The van der Waals surface area contributed by atoms with Crippen molar-refractivity contribution in [3.05, 3.63) is 48.0 Å². The molecule has 1 aliphatic rings. The summed E-state index contributed by atoms with van der Waals surface area (Å²) in [5.41, 5.74) is 1.75. The van der Waals surface area contributed by atoms with Gasteiger partial charge in [0.2, 0.25) is 5.91 Å². The molecule has 0 aromatic heterocycles. The molecule has 9 heteroatoms. The summed E-state index contributed by atoms with van der Waals surface area (Å²) in [5, 5.41) is 5.37. The topological polar surface area (TPSA) is 108 Å². The summed E-state index contributed by atoms with van der Waals surface area (Å²) in [6.45, 7) is 5.77. The standard InChI is InChI=1S/C21H24N4O4S/c1-4-5-11-25-14(2)24-30(28,29)20-12-16(9-10-19(20)25)21(27)23-18-8-6-7-17(13-18)22-15(3)26/h6-10,12-13H,4-5,11H2,1-3H3,(H,22,26)(H,23,27). The van der Waals surface area contributed by atoms with E-state index in [-0.39, 0.29) is 16.4 Å². The highest BCUT2D eigenvalue weighted by Crippen LogP contribution is 2.33. The normalized spacial score (nSPS) is 14.5. The van der Waals surface area contributed by atoms with Gasteiger partial charge in [-0.25, -0.2) is 0 Å². The number of anilines is 3. The van der Waals surface area contributed by atoms with E-state index in [4.69, 9.17) is 0 Å². The predicted octanol–water partition coefficient (Wildman–Crippen LogP) is 3.62. The summed E-state index contributed by atoms with van der Waals surface area (Å²) < 4.78 is 29.1. The van der Waals surface area contributed by atoms with Gasteiger partial charge in [-0.2, -0.15) is 8.42 Å². The molecule has 30 heavy (non-hydrogen) atoms. The zero-order chi connectivity index (χ0) is 21.9. The molecule has 2 aromatic rings. The maximum atomic E-state index is 12.7. The molecule has 0 saturated carbocycles. The van der Waals surface area contributed by atoms with Gasteiger partial charge in [-0.05, 0) is 49.7 Å². The van der Waals surface area contributed by atoms with Crippen LogP contribution in [0.5, 0.6) is 0 Å². The smallest absolute Gasteiger partial charge is 0.286 e. The maximum Gasteiger partial charge on any atom is 0.286 e. The van der Waals surface area contributed by atoms with E-state index in [0.29, 0.717) is 29.4 Å². The molecule has 8 nitrogen and oxygen atoms in total. The van der Waals surface area contributed by atoms with Crippen molar-refractivity contribution < 1.29 is 18.0 Å². The summed E-state index contributed by atoms with van der Waals surface area (Å²) >= 11 is 0. The highest BCUT2D eigenvalue weighted by Gasteiger charge is 2.29. The average Bonchev–Trinajstić information content (AvgIpc) is 2.67. The van der Waals surface area contributed by atoms with Crippen molar-refractivity contribution in [2.75, 3.05) is 22.1 Å². The van der Waals surface area contributed by atoms with Gasteiger partial charge >= 0.3 is 0 Å². The highest BCUT2D eigenvalue weighted by molar-refractivity contribution is 7.90. The van der Waals surface area contributed by atoms with Crippen LogP contribution < -0.4 is 15.5 Å². The quantitative estimate of drug-likeness (QED) is 0.731. The molecule has 2 N–H and O–H groups in total. The van der Waals surface area contributed by atoms with E-state index >= 15 is 0 Å². The Bertz CT molecular complexity index is 1130. The molecule has 1 aliphatic heterocycles. The van der Waals surface area contributed by atoms with Crippen LogP contribution in [-0.2, 0) is 14.8 Å². The first-order valence-corrected chi connectivity index (χ1v) is 11.1. The largest absolute Gasteiger partial charge is 0.328 e. The minimum atomic E-state index is -3.88. The Morgan fingerprint density at radius 1 is 1.07 bits per heavy atom. The number of benzene rings is 2. The minimum absolute atomic E-state index is 0.0175. The Kier molecular flexibility index (Phi) is 6.21. The fourth-order valence-electron chi connectivity index (χ4n) is 3.21. The van der Waals surface area contributed by atoms with Crippen LogP contribution in [0.4, 0.5) is 17.1 Å². The molecule has 0 radical (unpaired) electrons. The minimum Gasteiger partial charge on any atom is -0.328 e. The van der Waals surface area contributed by atoms with Gasteiger partial charge in [-0.1, -0.05) is 19.4 Å². The number of hydrogen-bond donors (Lipinski definition) is 2. The van der Waals surface area contributed by atoms with E-state index in [2.05, 4.69) is 22.0 Å². The molecule has 2 amide bonds. The van der Waals surface area contributed by atoms with E-state index in [0.717, 1.165) is 12.8 Å². The average molecular weight is 429 g/mol. The number of hydrogen-bond acceptors (Lipinski definition) is 5. The number of sulfonamides is 1. The third-order valence-corrected chi connectivity index (χ3v) is 6.00. The number of nitrogens with zero attached hydrogens (tertiary/aromatic N) is 2. The number of carbonyl (C=O) groups excluding carboxylic acids is 2. The second-order valence-corrected chi connectivity index (χ2v) is 8.59. The van der Waals surface area contributed by atoms with Crippen LogP contribution >= 0.6 is 0 Å². The lowest BCUT2D eigenvalue weighted by molar-refractivity contribution is -0.114. The molecule has 158 valence electrons. The van der Waals surface area contributed by atoms with Crippen molar-refractivity contribution >= 4 is 44.7 Å². The van der Waals surface area contributed by atoms with Crippen molar-refractivity contribution in [3.63, 3.8) is 0 Å².